The van der Waals surface area contributed by atoms with Gasteiger partial charge in [-0.1, -0.05) is 59.1 Å². The zero-order valence-corrected chi connectivity index (χ0v) is 20.0. The first-order chi connectivity index (χ1) is 14.3. The van der Waals surface area contributed by atoms with E-state index in [9.17, 15) is 8.42 Å². The van der Waals surface area contributed by atoms with Gasteiger partial charge in [-0.15, -0.1) is 22.7 Å². The molecule has 0 radical (unpaired) electrons. The molecule has 0 bridgehead atoms. The summed E-state index contributed by atoms with van der Waals surface area (Å²) >= 11 is 21.2. The van der Waals surface area contributed by atoms with Gasteiger partial charge in [0.2, 0.25) is 10.0 Å². The Bertz CT molecular complexity index is 1280. The first kappa shape index (κ1) is 21.8. The maximum atomic E-state index is 12.5. The molecule has 2 heterocycles. The first-order valence-corrected chi connectivity index (χ1v) is 13.0. The molecule has 0 aliphatic heterocycles. The third-order valence-electron chi connectivity index (χ3n) is 4.31. The lowest BCUT2D eigenvalue weighted by Gasteiger charge is -2.07. The molecule has 4 aromatic rings. The number of sulfonamides is 1. The Labute approximate surface area is 197 Å². The van der Waals surface area contributed by atoms with Crippen LogP contribution in [0, 0.1) is 0 Å². The summed E-state index contributed by atoms with van der Waals surface area (Å²) in [6.45, 7) is 0.177. The van der Waals surface area contributed by atoms with E-state index in [0.29, 0.717) is 15.1 Å². The van der Waals surface area contributed by atoms with Crippen LogP contribution in [0.5, 0.6) is 0 Å². The highest BCUT2D eigenvalue weighted by atomic mass is 35.5. The van der Waals surface area contributed by atoms with Gasteiger partial charge in [0.05, 0.1) is 5.02 Å². The molecule has 0 fully saturated rings. The predicted molar refractivity (Wildman–Crippen MR) is 129 cm³/mol. The van der Waals surface area contributed by atoms with E-state index in [4.69, 9.17) is 34.8 Å². The molecule has 3 nitrogen and oxygen atoms in total. The Morgan fingerprint density at radius 3 is 2.27 bits per heavy atom. The summed E-state index contributed by atoms with van der Waals surface area (Å²) in [5.41, 5.74) is 2.75. The Morgan fingerprint density at radius 1 is 0.867 bits per heavy atom. The van der Waals surface area contributed by atoms with Crippen molar-refractivity contribution in [2.24, 2.45) is 0 Å². The van der Waals surface area contributed by atoms with Gasteiger partial charge in [0.25, 0.3) is 0 Å². The summed E-state index contributed by atoms with van der Waals surface area (Å²) in [6.07, 6.45) is 0. The molecule has 4 rings (SSSR count). The molecule has 0 saturated carbocycles. The molecule has 0 aliphatic carbocycles. The molecular formula is C21H14Cl3NO2S3. The van der Waals surface area contributed by atoms with Crippen LogP contribution >= 0.6 is 57.5 Å². The van der Waals surface area contributed by atoms with Gasteiger partial charge >= 0.3 is 0 Å². The van der Waals surface area contributed by atoms with Gasteiger partial charge in [0.1, 0.15) is 4.21 Å². The van der Waals surface area contributed by atoms with Gasteiger partial charge in [0, 0.05) is 37.5 Å². The fourth-order valence-corrected chi connectivity index (χ4v) is 6.88. The average Bonchev–Trinajstić information content (AvgIpc) is 3.38. The molecule has 9 heteroatoms. The maximum absolute atomic E-state index is 12.5. The van der Waals surface area contributed by atoms with Crippen molar-refractivity contribution in [1.82, 2.24) is 4.72 Å². The van der Waals surface area contributed by atoms with E-state index in [1.54, 1.807) is 29.6 Å². The van der Waals surface area contributed by atoms with Crippen molar-refractivity contribution >= 4 is 67.5 Å². The van der Waals surface area contributed by atoms with E-state index in [1.807, 2.05) is 36.4 Å². The molecule has 0 aliphatic rings. The van der Waals surface area contributed by atoms with Gasteiger partial charge in [-0.05, 0) is 47.3 Å². The molecule has 30 heavy (non-hydrogen) atoms. The second-order valence-corrected chi connectivity index (χ2v) is 11.7. The second kappa shape index (κ2) is 9.01. The van der Waals surface area contributed by atoms with E-state index < -0.39 is 10.0 Å². The van der Waals surface area contributed by atoms with Crippen LogP contribution in [0.25, 0.3) is 21.6 Å². The lowest BCUT2D eigenvalue weighted by atomic mass is 10.0. The van der Waals surface area contributed by atoms with Crippen LogP contribution in [0.3, 0.4) is 0 Å². The molecule has 0 unspecified atom stereocenters. The summed E-state index contributed by atoms with van der Waals surface area (Å²) in [5, 5.41) is 3.46. The van der Waals surface area contributed by atoms with E-state index >= 15 is 0 Å². The van der Waals surface area contributed by atoms with Crippen LogP contribution in [-0.2, 0) is 16.6 Å². The van der Waals surface area contributed by atoms with Gasteiger partial charge in [-0.2, -0.15) is 0 Å². The summed E-state index contributed by atoms with van der Waals surface area (Å²) in [5.74, 6) is 0. The molecule has 0 spiro atoms. The van der Waals surface area contributed by atoms with Crippen LogP contribution in [0.4, 0.5) is 0 Å². The van der Waals surface area contributed by atoms with Crippen molar-refractivity contribution in [3.8, 4) is 21.6 Å². The zero-order chi connectivity index (χ0) is 21.3. The van der Waals surface area contributed by atoms with E-state index in [1.165, 1.54) is 22.7 Å². The number of thiophene rings is 2. The standard InChI is InChI=1S/C21H14Cl3NO2S3/c22-14-5-3-13(4-6-14)18-11-16(12-25-30(26,27)20-2-1-9-28-20)29-21(18)17-8-7-15(23)10-19(17)24/h1-11,25H,12H2. The summed E-state index contributed by atoms with van der Waals surface area (Å²) in [7, 11) is -3.55. The minimum Gasteiger partial charge on any atom is -0.206 e. The Morgan fingerprint density at radius 2 is 1.60 bits per heavy atom. The topological polar surface area (TPSA) is 46.2 Å². The Hall–Kier alpha value is -1.38. The molecular weight excluding hydrogens is 501 g/mol. The predicted octanol–water partition coefficient (Wildman–Crippen LogP) is 7.58. The smallest absolute Gasteiger partial charge is 0.206 e. The summed E-state index contributed by atoms with van der Waals surface area (Å²) < 4.78 is 27.9. The normalized spacial score (nSPS) is 11.7. The van der Waals surface area contributed by atoms with Gasteiger partial charge < -0.3 is 0 Å². The first-order valence-electron chi connectivity index (χ1n) is 8.71. The number of rotatable bonds is 6. The molecule has 0 amide bonds. The molecule has 0 atom stereocenters. The van der Waals surface area contributed by atoms with Crippen LogP contribution in [0.2, 0.25) is 15.1 Å². The van der Waals surface area contributed by atoms with Gasteiger partial charge in [0.15, 0.2) is 0 Å². The molecule has 1 N–H and O–H groups in total. The van der Waals surface area contributed by atoms with E-state index in [-0.39, 0.29) is 10.8 Å². The largest absolute Gasteiger partial charge is 0.250 e. The van der Waals surface area contributed by atoms with E-state index in [2.05, 4.69) is 4.72 Å². The van der Waals surface area contributed by atoms with Crippen molar-refractivity contribution in [3.63, 3.8) is 0 Å². The molecule has 0 saturated heterocycles. The van der Waals surface area contributed by atoms with Crippen molar-refractivity contribution in [3.05, 3.63) is 86.0 Å². The quantitative estimate of drug-likeness (QED) is 0.288. The summed E-state index contributed by atoms with van der Waals surface area (Å²) in [6, 6.07) is 18.1. The Balaban J connectivity index is 1.73. The number of hydrogen-bond acceptors (Lipinski definition) is 4. The number of benzene rings is 2. The molecule has 2 aromatic heterocycles. The second-order valence-electron chi connectivity index (χ2n) is 6.34. The third-order valence-corrected chi connectivity index (χ3v) is 9.08. The van der Waals surface area contributed by atoms with Crippen LogP contribution in [-0.4, -0.2) is 8.42 Å². The van der Waals surface area contributed by atoms with Crippen molar-refractivity contribution < 1.29 is 8.42 Å². The summed E-state index contributed by atoms with van der Waals surface area (Å²) in [4.78, 5) is 1.80. The number of halogens is 3. The lowest BCUT2D eigenvalue weighted by molar-refractivity contribution is 0.584. The highest BCUT2D eigenvalue weighted by Gasteiger charge is 2.19. The SMILES string of the molecule is O=S(=O)(NCc1cc(-c2ccc(Cl)cc2)c(-c2ccc(Cl)cc2Cl)s1)c1cccs1. The minimum atomic E-state index is -3.55. The van der Waals surface area contributed by atoms with Gasteiger partial charge in [-0.25, -0.2) is 13.1 Å². The highest BCUT2D eigenvalue weighted by Crippen LogP contribution is 2.43. The monoisotopic (exact) mass is 513 g/mol. The van der Waals surface area contributed by atoms with Crippen molar-refractivity contribution in [2.45, 2.75) is 10.8 Å². The van der Waals surface area contributed by atoms with Crippen molar-refractivity contribution in [1.29, 1.82) is 0 Å². The van der Waals surface area contributed by atoms with E-state index in [0.717, 1.165) is 26.4 Å². The third kappa shape index (κ3) is 4.75. The zero-order valence-electron chi connectivity index (χ0n) is 15.2. The average molecular weight is 515 g/mol. The lowest BCUT2D eigenvalue weighted by Crippen LogP contribution is -2.21. The fourth-order valence-electron chi connectivity index (χ4n) is 2.90. The highest BCUT2D eigenvalue weighted by molar-refractivity contribution is 7.91. The number of hydrogen-bond donors (Lipinski definition) is 1. The minimum absolute atomic E-state index is 0.177. The van der Waals surface area contributed by atoms with Gasteiger partial charge in [-0.3, -0.25) is 0 Å². The van der Waals surface area contributed by atoms with Crippen molar-refractivity contribution in [2.75, 3.05) is 0 Å². The van der Waals surface area contributed by atoms with Crippen LogP contribution in [0.15, 0.2) is 70.3 Å². The van der Waals surface area contributed by atoms with Crippen LogP contribution in [0.1, 0.15) is 4.88 Å². The fraction of sp³-hybridized carbons (Fsp3) is 0.0476. The molecule has 2 aromatic carbocycles. The molecule has 154 valence electrons. The number of nitrogens with one attached hydrogen (secondary N) is 1. The van der Waals surface area contributed by atoms with Crippen LogP contribution < -0.4 is 4.72 Å². The Kier molecular flexibility index (Phi) is 6.55. The maximum Gasteiger partial charge on any atom is 0.250 e.